The lowest BCUT2D eigenvalue weighted by Crippen LogP contribution is -2.46. The van der Waals surface area contributed by atoms with Gasteiger partial charge in [-0.15, -0.1) is 0 Å². The maximum Gasteiger partial charge on any atom is 0.335 e. The fourth-order valence-corrected chi connectivity index (χ4v) is 2.83. The van der Waals surface area contributed by atoms with Gasteiger partial charge in [0, 0.05) is 45.0 Å². The van der Waals surface area contributed by atoms with E-state index in [1.807, 2.05) is 19.1 Å². The fraction of sp³-hybridized carbons (Fsp3) is 0.389. The normalized spacial score (nSPS) is 15.2. The van der Waals surface area contributed by atoms with Crippen LogP contribution < -0.4 is 9.64 Å². The summed E-state index contributed by atoms with van der Waals surface area (Å²) in [6.45, 7) is 6.85. The zero-order valence-electron chi connectivity index (χ0n) is 14.3. The molecule has 0 bridgehead atoms. The number of carboxylic acids is 1. The Morgan fingerprint density at radius 1 is 1.16 bits per heavy atom. The minimum atomic E-state index is -0.894. The van der Waals surface area contributed by atoms with Crippen molar-refractivity contribution in [3.05, 3.63) is 47.7 Å². The number of rotatable bonds is 6. The summed E-state index contributed by atoms with van der Waals surface area (Å²) >= 11 is 0. The highest BCUT2D eigenvalue weighted by molar-refractivity contribution is 5.87. The second-order valence-electron chi connectivity index (χ2n) is 5.89. The number of carboxylic acid groups (broad SMARTS) is 1. The predicted molar refractivity (Wildman–Crippen MR) is 94.1 cm³/mol. The Hall–Kier alpha value is -2.67. The van der Waals surface area contributed by atoms with Gasteiger partial charge in [-0.25, -0.2) is 9.78 Å². The Balaban J connectivity index is 1.55. The van der Waals surface area contributed by atoms with Crippen molar-refractivity contribution in [3.63, 3.8) is 0 Å². The van der Waals surface area contributed by atoms with Gasteiger partial charge in [0.15, 0.2) is 0 Å². The number of aromatic nitrogens is 2. The molecule has 0 radical (unpaired) electrons. The van der Waals surface area contributed by atoms with Crippen LogP contribution in [0.25, 0.3) is 0 Å². The summed E-state index contributed by atoms with van der Waals surface area (Å²) in [5.74, 6) is 0.416. The number of ether oxygens (including phenoxy) is 1. The van der Waals surface area contributed by atoms with Gasteiger partial charge in [0.1, 0.15) is 0 Å². The van der Waals surface area contributed by atoms with Crippen molar-refractivity contribution in [1.29, 1.82) is 0 Å². The standard InChI is InChI=1S/C18H22N4O3/c1-2-25-16-7-8-19-18(20-16)22-11-9-21(10-12-22)13-14-3-5-15(6-4-14)17(23)24/h3-8H,2,9-13H2,1H3,(H,23,24). The molecule has 0 aliphatic carbocycles. The quantitative estimate of drug-likeness (QED) is 0.859. The molecule has 1 aliphatic rings. The Bertz CT molecular complexity index is 713. The highest BCUT2D eigenvalue weighted by atomic mass is 16.5. The topological polar surface area (TPSA) is 78.8 Å². The molecular weight excluding hydrogens is 320 g/mol. The molecule has 7 heteroatoms. The second-order valence-corrected chi connectivity index (χ2v) is 5.89. The summed E-state index contributed by atoms with van der Waals surface area (Å²) in [4.78, 5) is 24.2. The molecule has 1 N–H and O–H groups in total. The molecule has 0 atom stereocenters. The Kier molecular flexibility index (Phi) is 5.45. The van der Waals surface area contributed by atoms with Gasteiger partial charge in [0.25, 0.3) is 0 Å². The monoisotopic (exact) mass is 342 g/mol. The number of hydrogen-bond acceptors (Lipinski definition) is 6. The molecular formula is C18H22N4O3. The number of carbonyl (C=O) groups is 1. The maximum atomic E-state index is 10.9. The van der Waals surface area contributed by atoms with Crippen LogP contribution in [0.2, 0.25) is 0 Å². The van der Waals surface area contributed by atoms with E-state index >= 15 is 0 Å². The van der Waals surface area contributed by atoms with Crippen LogP contribution in [0.3, 0.4) is 0 Å². The lowest BCUT2D eigenvalue weighted by atomic mass is 10.1. The van der Waals surface area contributed by atoms with E-state index in [1.54, 1.807) is 24.4 Å². The summed E-state index contributed by atoms with van der Waals surface area (Å²) in [5, 5.41) is 8.95. The average molecular weight is 342 g/mol. The third-order valence-corrected chi connectivity index (χ3v) is 4.17. The van der Waals surface area contributed by atoms with Gasteiger partial charge in [-0.1, -0.05) is 12.1 Å². The largest absolute Gasteiger partial charge is 0.478 e. The van der Waals surface area contributed by atoms with Crippen molar-refractivity contribution < 1.29 is 14.6 Å². The molecule has 1 fully saturated rings. The maximum absolute atomic E-state index is 10.9. The van der Waals surface area contributed by atoms with Gasteiger partial charge in [-0.05, 0) is 24.6 Å². The van der Waals surface area contributed by atoms with Gasteiger partial charge < -0.3 is 14.7 Å². The van der Waals surface area contributed by atoms with Gasteiger partial charge in [-0.2, -0.15) is 4.98 Å². The number of aromatic carboxylic acids is 1. The highest BCUT2D eigenvalue weighted by Crippen LogP contribution is 2.16. The van der Waals surface area contributed by atoms with Crippen LogP contribution in [-0.4, -0.2) is 58.7 Å². The van der Waals surface area contributed by atoms with Crippen LogP contribution >= 0.6 is 0 Å². The molecule has 2 heterocycles. The van der Waals surface area contributed by atoms with E-state index in [9.17, 15) is 4.79 Å². The average Bonchev–Trinajstić information content (AvgIpc) is 2.63. The Morgan fingerprint density at radius 3 is 2.52 bits per heavy atom. The van der Waals surface area contributed by atoms with Crippen LogP contribution in [0.5, 0.6) is 5.88 Å². The molecule has 1 aromatic carbocycles. The van der Waals surface area contributed by atoms with Crippen molar-refractivity contribution in [2.45, 2.75) is 13.5 Å². The zero-order valence-corrected chi connectivity index (χ0v) is 14.3. The van der Waals surface area contributed by atoms with Crippen LogP contribution in [-0.2, 0) is 6.54 Å². The summed E-state index contributed by atoms with van der Waals surface area (Å²) < 4.78 is 5.43. The van der Waals surface area contributed by atoms with Gasteiger partial charge in [0.05, 0.1) is 12.2 Å². The lowest BCUT2D eigenvalue weighted by Gasteiger charge is -2.34. The van der Waals surface area contributed by atoms with Crippen molar-refractivity contribution in [2.75, 3.05) is 37.7 Å². The van der Waals surface area contributed by atoms with Crippen molar-refractivity contribution >= 4 is 11.9 Å². The van der Waals surface area contributed by atoms with E-state index in [0.717, 1.165) is 38.3 Å². The molecule has 0 spiro atoms. The summed E-state index contributed by atoms with van der Waals surface area (Å²) in [6.07, 6.45) is 1.73. The Labute approximate surface area is 146 Å². The number of anilines is 1. The predicted octanol–water partition coefficient (Wildman–Crippen LogP) is 1.90. The first-order valence-electron chi connectivity index (χ1n) is 8.41. The molecule has 3 rings (SSSR count). The number of benzene rings is 1. The third kappa shape index (κ3) is 4.45. The van der Waals surface area contributed by atoms with E-state index in [0.29, 0.717) is 24.0 Å². The first-order chi connectivity index (χ1) is 12.2. The van der Waals surface area contributed by atoms with E-state index < -0.39 is 5.97 Å². The summed E-state index contributed by atoms with van der Waals surface area (Å²) in [5.41, 5.74) is 1.44. The highest BCUT2D eigenvalue weighted by Gasteiger charge is 2.19. The molecule has 1 aromatic heterocycles. The first-order valence-corrected chi connectivity index (χ1v) is 8.41. The van der Waals surface area contributed by atoms with E-state index in [1.165, 1.54) is 0 Å². The van der Waals surface area contributed by atoms with E-state index in [-0.39, 0.29) is 0 Å². The van der Waals surface area contributed by atoms with E-state index in [4.69, 9.17) is 9.84 Å². The van der Waals surface area contributed by atoms with Gasteiger partial charge >= 0.3 is 5.97 Å². The van der Waals surface area contributed by atoms with Crippen LogP contribution in [0, 0.1) is 0 Å². The van der Waals surface area contributed by atoms with Gasteiger partial charge in [0.2, 0.25) is 11.8 Å². The number of piperazine rings is 1. The van der Waals surface area contributed by atoms with Crippen LogP contribution in [0.1, 0.15) is 22.8 Å². The minimum absolute atomic E-state index is 0.319. The van der Waals surface area contributed by atoms with Crippen molar-refractivity contribution in [3.8, 4) is 5.88 Å². The molecule has 0 unspecified atom stereocenters. The van der Waals surface area contributed by atoms with Crippen LogP contribution in [0.4, 0.5) is 5.95 Å². The first kappa shape index (κ1) is 17.2. The third-order valence-electron chi connectivity index (χ3n) is 4.17. The van der Waals surface area contributed by atoms with Crippen LogP contribution in [0.15, 0.2) is 36.5 Å². The fourth-order valence-electron chi connectivity index (χ4n) is 2.83. The zero-order chi connectivity index (χ0) is 17.6. The minimum Gasteiger partial charge on any atom is -0.478 e. The molecule has 132 valence electrons. The summed E-state index contributed by atoms with van der Waals surface area (Å²) in [6, 6.07) is 8.83. The smallest absolute Gasteiger partial charge is 0.335 e. The second kappa shape index (κ2) is 7.94. The molecule has 2 aromatic rings. The van der Waals surface area contributed by atoms with E-state index in [2.05, 4.69) is 19.8 Å². The van der Waals surface area contributed by atoms with Crippen molar-refractivity contribution in [1.82, 2.24) is 14.9 Å². The lowest BCUT2D eigenvalue weighted by molar-refractivity contribution is 0.0697. The molecule has 0 amide bonds. The number of hydrogen-bond donors (Lipinski definition) is 1. The molecule has 7 nitrogen and oxygen atoms in total. The Morgan fingerprint density at radius 2 is 1.88 bits per heavy atom. The number of nitrogens with zero attached hydrogens (tertiary/aromatic N) is 4. The molecule has 1 aliphatic heterocycles. The SMILES string of the molecule is CCOc1ccnc(N2CCN(Cc3ccc(C(=O)O)cc3)CC2)n1. The molecule has 0 saturated carbocycles. The molecule has 25 heavy (non-hydrogen) atoms. The van der Waals surface area contributed by atoms with Crippen molar-refractivity contribution in [2.24, 2.45) is 0 Å². The molecule has 1 saturated heterocycles. The summed E-state index contributed by atoms with van der Waals surface area (Å²) in [7, 11) is 0. The van der Waals surface area contributed by atoms with Gasteiger partial charge in [-0.3, -0.25) is 4.90 Å².